The van der Waals surface area contributed by atoms with Crippen LogP contribution in [0.15, 0.2) is 24.3 Å². The van der Waals surface area contributed by atoms with E-state index in [2.05, 4.69) is 12.2 Å². The van der Waals surface area contributed by atoms with E-state index in [1.807, 2.05) is 24.3 Å². The van der Waals surface area contributed by atoms with Crippen molar-refractivity contribution in [3.8, 4) is 5.75 Å². The van der Waals surface area contributed by atoms with Crippen molar-refractivity contribution in [1.29, 1.82) is 0 Å². The Morgan fingerprint density at radius 1 is 1.26 bits per heavy atom. The zero-order chi connectivity index (χ0) is 14.3. The van der Waals surface area contributed by atoms with Gasteiger partial charge in [0.1, 0.15) is 18.5 Å². The third-order valence-corrected chi connectivity index (χ3v) is 2.71. The van der Waals surface area contributed by atoms with Gasteiger partial charge in [0.25, 0.3) is 0 Å². The Morgan fingerprint density at radius 2 is 1.89 bits per heavy atom. The quantitative estimate of drug-likeness (QED) is 0.665. The molecule has 0 amide bonds. The van der Waals surface area contributed by atoms with Crippen molar-refractivity contribution in [2.75, 3.05) is 19.7 Å². The van der Waals surface area contributed by atoms with E-state index in [1.54, 1.807) is 13.8 Å². The molecule has 0 spiro atoms. The predicted octanol–water partition coefficient (Wildman–Crippen LogP) is 1.35. The number of hydrogen-bond acceptors (Lipinski definition) is 4. The Morgan fingerprint density at radius 3 is 2.42 bits per heavy atom. The topological polar surface area (TPSA) is 61.7 Å². The summed E-state index contributed by atoms with van der Waals surface area (Å²) in [5.41, 5.74) is 0.496. The Balaban J connectivity index is 2.23. The van der Waals surface area contributed by atoms with Gasteiger partial charge in [-0.25, -0.2) is 0 Å². The second-order valence-corrected chi connectivity index (χ2v) is 5.41. The molecule has 19 heavy (non-hydrogen) atoms. The maximum absolute atomic E-state index is 9.74. The standard InChI is InChI=1S/C15H25NO3/c1-4-12-5-7-14(8-6-12)19-10-13(17)9-16-11-15(2,3)18/h5-8,13,16-18H,4,9-11H2,1-3H3. The molecular formula is C15H25NO3. The molecule has 0 aliphatic rings. The van der Waals surface area contributed by atoms with Crippen LogP contribution in [-0.2, 0) is 6.42 Å². The number of aryl methyl sites for hydroxylation is 1. The summed E-state index contributed by atoms with van der Waals surface area (Å²) >= 11 is 0. The number of hydrogen-bond donors (Lipinski definition) is 3. The van der Waals surface area contributed by atoms with Crippen LogP contribution < -0.4 is 10.1 Å². The smallest absolute Gasteiger partial charge is 0.119 e. The van der Waals surface area contributed by atoms with Crippen molar-refractivity contribution >= 4 is 0 Å². The maximum Gasteiger partial charge on any atom is 0.119 e. The molecule has 0 fully saturated rings. The fourth-order valence-electron chi connectivity index (χ4n) is 1.62. The summed E-state index contributed by atoms with van der Waals surface area (Å²) < 4.78 is 5.50. The van der Waals surface area contributed by atoms with E-state index in [0.717, 1.165) is 12.2 Å². The summed E-state index contributed by atoms with van der Waals surface area (Å²) in [6.45, 7) is 6.63. The van der Waals surface area contributed by atoms with Crippen LogP contribution in [0.25, 0.3) is 0 Å². The first-order chi connectivity index (χ1) is 8.90. The fraction of sp³-hybridized carbons (Fsp3) is 0.600. The van der Waals surface area contributed by atoms with Gasteiger partial charge in [-0.3, -0.25) is 0 Å². The van der Waals surface area contributed by atoms with Crippen LogP contribution >= 0.6 is 0 Å². The van der Waals surface area contributed by atoms with Crippen molar-refractivity contribution in [3.05, 3.63) is 29.8 Å². The number of nitrogens with one attached hydrogen (secondary N) is 1. The summed E-state index contributed by atoms with van der Waals surface area (Å²) in [4.78, 5) is 0. The number of ether oxygens (including phenoxy) is 1. The van der Waals surface area contributed by atoms with Gasteiger partial charge in [0, 0.05) is 13.1 Å². The maximum atomic E-state index is 9.74. The highest BCUT2D eigenvalue weighted by atomic mass is 16.5. The van der Waals surface area contributed by atoms with Crippen LogP contribution in [0, 0.1) is 0 Å². The van der Waals surface area contributed by atoms with E-state index in [9.17, 15) is 10.2 Å². The van der Waals surface area contributed by atoms with Crippen LogP contribution in [0.5, 0.6) is 5.75 Å². The number of benzene rings is 1. The Kier molecular flexibility index (Phi) is 6.28. The molecule has 1 rings (SSSR count). The van der Waals surface area contributed by atoms with Gasteiger partial charge in [0.2, 0.25) is 0 Å². The Labute approximate surface area is 115 Å². The normalized spacial score (nSPS) is 13.3. The van der Waals surface area contributed by atoms with E-state index in [1.165, 1.54) is 5.56 Å². The number of aliphatic hydroxyl groups excluding tert-OH is 1. The van der Waals surface area contributed by atoms with Gasteiger partial charge >= 0.3 is 0 Å². The minimum absolute atomic E-state index is 0.240. The lowest BCUT2D eigenvalue weighted by molar-refractivity contribution is 0.0665. The molecule has 1 unspecified atom stereocenters. The molecule has 0 saturated heterocycles. The average Bonchev–Trinajstić information content (AvgIpc) is 2.35. The van der Waals surface area contributed by atoms with E-state index >= 15 is 0 Å². The lowest BCUT2D eigenvalue weighted by Crippen LogP contribution is -2.40. The van der Waals surface area contributed by atoms with Gasteiger partial charge < -0.3 is 20.3 Å². The third kappa shape index (κ3) is 7.15. The Bertz CT molecular complexity index is 357. The average molecular weight is 267 g/mol. The lowest BCUT2D eigenvalue weighted by atomic mass is 10.1. The molecule has 0 heterocycles. The molecule has 0 aliphatic carbocycles. The van der Waals surface area contributed by atoms with E-state index in [0.29, 0.717) is 13.1 Å². The molecule has 0 bridgehead atoms. The molecule has 4 nitrogen and oxygen atoms in total. The van der Waals surface area contributed by atoms with Gasteiger partial charge in [-0.05, 0) is 38.0 Å². The van der Waals surface area contributed by atoms with E-state index in [4.69, 9.17) is 4.74 Å². The highest BCUT2D eigenvalue weighted by Gasteiger charge is 2.13. The molecule has 1 atom stereocenters. The first-order valence-corrected chi connectivity index (χ1v) is 6.73. The van der Waals surface area contributed by atoms with Gasteiger partial charge in [-0.15, -0.1) is 0 Å². The van der Waals surface area contributed by atoms with Gasteiger partial charge in [0.15, 0.2) is 0 Å². The second kappa shape index (κ2) is 7.48. The van der Waals surface area contributed by atoms with Crippen LogP contribution in [-0.4, -0.2) is 41.6 Å². The summed E-state index contributed by atoms with van der Waals surface area (Å²) in [6, 6.07) is 7.87. The molecule has 4 heteroatoms. The molecule has 1 aromatic rings. The zero-order valence-electron chi connectivity index (χ0n) is 12.0. The van der Waals surface area contributed by atoms with Crippen molar-refractivity contribution in [2.45, 2.75) is 38.9 Å². The van der Waals surface area contributed by atoms with Crippen molar-refractivity contribution in [3.63, 3.8) is 0 Å². The molecule has 3 N–H and O–H groups in total. The minimum Gasteiger partial charge on any atom is -0.491 e. The summed E-state index contributed by atoms with van der Waals surface area (Å²) in [5, 5.41) is 22.3. The molecule has 0 saturated carbocycles. The summed E-state index contributed by atoms with van der Waals surface area (Å²) in [7, 11) is 0. The third-order valence-electron chi connectivity index (χ3n) is 2.71. The van der Waals surface area contributed by atoms with Crippen LogP contribution in [0.1, 0.15) is 26.3 Å². The molecule has 0 aliphatic heterocycles. The number of rotatable bonds is 8. The van der Waals surface area contributed by atoms with E-state index < -0.39 is 11.7 Å². The van der Waals surface area contributed by atoms with Crippen molar-refractivity contribution in [1.82, 2.24) is 5.32 Å². The van der Waals surface area contributed by atoms with Gasteiger partial charge in [-0.1, -0.05) is 19.1 Å². The highest BCUT2D eigenvalue weighted by Crippen LogP contribution is 2.12. The molecule has 0 aromatic heterocycles. The largest absolute Gasteiger partial charge is 0.491 e. The summed E-state index contributed by atoms with van der Waals surface area (Å²) in [6.07, 6.45) is 0.414. The first kappa shape index (κ1) is 16.0. The van der Waals surface area contributed by atoms with Crippen LogP contribution in [0.4, 0.5) is 0 Å². The second-order valence-electron chi connectivity index (χ2n) is 5.41. The SMILES string of the molecule is CCc1ccc(OCC(O)CNCC(C)(C)O)cc1. The molecule has 0 radical (unpaired) electrons. The fourth-order valence-corrected chi connectivity index (χ4v) is 1.62. The molecule has 1 aromatic carbocycles. The Hall–Kier alpha value is -1.10. The predicted molar refractivity (Wildman–Crippen MR) is 76.5 cm³/mol. The van der Waals surface area contributed by atoms with Gasteiger partial charge in [0.05, 0.1) is 5.60 Å². The lowest BCUT2D eigenvalue weighted by Gasteiger charge is -2.19. The molecular weight excluding hydrogens is 242 g/mol. The van der Waals surface area contributed by atoms with Crippen molar-refractivity contribution in [2.24, 2.45) is 0 Å². The first-order valence-electron chi connectivity index (χ1n) is 6.73. The van der Waals surface area contributed by atoms with Crippen molar-refractivity contribution < 1.29 is 14.9 Å². The highest BCUT2D eigenvalue weighted by molar-refractivity contribution is 5.27. The van der Waals surface area contributed by atoms with E-state index in [-0.39, 0.29) is 6.61 Å². The van der Waals surface area contributed by atoms with Crippen LogP contribution in [0.2, 0.25) is 0 Å². The molecule has 108 valence electrons. The van der Waals surface area contributed by atoms with Crippen LogP contribution in [0.3, 0.4) is 0 Å². The zero-order valence-corrected chi connectivity index (χ0v) is 12.0. The van der Waals surface area contributed by atoms with Gasteiger partial charge in [-0.2, -0.15) is 0 Å². The summed E-state index contributed by atoms with van der Waals surface area (Å²) in [5.74, 6) is 0.763. The number of aliphatic hydroxyl groups is 2. The minimum atomic E-state index is -0.767. The monoisotopic (exact) mass is 267 g/mol.